The first-order valence-electron chi connectivity index (χ1n) is 7.18. The lowest BCUT2D eigenvalue weighted by atomic mass is 10.0. The molecule has 4 rings (SSSR count). The lowest BCUT2D eigenvalue weighted by Crippen LogP contribution is -2.00. The summed E-state index contributed by atoms with van der Waals surface area (Å²) in [6, 6.07) is 15.7. The lowest BCUT2D eigenvalue weighted by Gasteiger charge is -2.03. The van der Waals surface area contributed by atoms with Crippen molar-refractivity contribution in [1.29, 1.82) is 0 Å². The fourth-order valence-corrected chi connectivity index (χ4v) is 2.72. The maximum Gasteiger partial charge on any atom is 0.349 e. The van der Waals surface area contributed by atoms with Crippen LogP contribution in [0.1, 0.15) is 12.6 Å². The van der Waals surface area contributed by atoms with Crippen molar-refractivity contribution in [2.75, 3.05) is 0 Å². The quantitative estimate of drug-likeness (QED) is 0.520. The number of aromatic nitrogens is 1. The van der Waals surface area contributed by atoms with E-state index in [1.807, 2.05) is 49.4 Å². The van der Waals surface area contributed by atoms with Crippen LogP contribution in [0.2, 0.25) is 0 Å². The molecule has 108 valence electrons. The van der Waals surface area contributed by atoms with E-state index >= 15 is 0 Å². The van der Waals surface area contributed by atoms with Crippen LogP contribution in [0.15, 0.2) is 62.3 Å². The van der Waals surface area contributed by atoms with Crippen LogP contribution in [-0.2, 0) is 6.42 Å². The monoisotopic (exact) mass is 291 g/mol. The molecule has 0 atom stereocenters. The summed E-state index contributed by atoms with van der Waals surface area (Å²) in [6.07, 6.45) is 0.627. The normalized spacial score (nSPS) is 11.3. The molecule has 2 aromatic carbocycles. The van der Waals surface area contributed by atoms with E-state index in [0.717, 1.165) is 16.5 Å². The molecule has 0 spiro atoms. The Morgan fingerprint density at radius 2 is 1.86 bits per heavy atom. The van der Waals surface area contributed by atoms with Gasteiger partial charge < -0.3 is 8.94 Å². The van der Waals surface area contributed by atoms with E-state index in [4.69, 9.17) is 8.94 Å². The van der Waals surface area contributed by atoms with E-state index < -0.39 is 5.63 Å². The summed E-state index contributed by atoms with van der Waals surface area (Å²) < 4.78 is 10.8. The first kappa shape index (κ1) is 12.8. The number of hydrogen-bond acceptors (Lipinski definition) is 4. The van der Waals surface area contributed by atoms with Gasteiger partial charge in [-0.3, -0.25) is 0 Å². The summed E-state index contributed by atoms with van der Waals surface area (Å²) in [5, 5.41) is 5.20. The van der Waals surface area contributed by atoms with Gasteiger partial charge in [0, 0.05) is 0 Å². The Kier molecular flexibility index (Phi) is 2.82. The Hall–Kier alpha value is -2.88. The van der Waals surface area contributed by atoms with Gasteiger partial charge in [0.1, 0.15) is 11.0 Å². The minimum Gasteiger partial charge on any atom is -0.422 e. The van der Waals surface area contributed by atoms with Crippen LogP contribution in [0.4, 0.5) is 0 Å². The molecule has 2 heterocycles. The van der Waals surface area contributed by atoms with Crippen LogP contribution in [0, 0.1) is 0 Å². The van der Waals surface area contributed by atoms with Crippen molar-refractivity contribution in [2.24, 2.45) is 0 Å². The molecule has 22 heavy (non-hydrogen) atoms. The van der Waals surface area contributed by atoms with E-state index in [1.54, 1.807) is 6.07 Å². The zero-order valence-electron chi connectivity index (χ0n) is 12.0. The van der Waals surface area contributed by atoms with Crippen molar-refractivity contribution < 1.29 is 8.94 Å². The molecule has 0 saturated heterocycles. The number of benzene rings is 2. The number of nitrogens with zero attached hydrogens (tertiary/aromatic N) is 1. The minimum absolute atomic E-state index is 0.395. The molecule has 0 aliphatic carbocycles. The van der Waals surface area contributed by atoms with Crippen LogP contribution in [0.5, 0.6) is 0 Å². The average molecular weight is 291 g/mol. The Morgan fingerprint density at radius 1 is 1.05 bits per heavy atom. The van der Waals surface area contributed by atoms with Gasteiger partial charge in [0.2, 0.25) is 0 Å². The van der Waals surface area contributed by atoms with Crippen molar-refractivity contribution in [2.45, 2.75) is 13.3 Å². The molecule has 0 aliphatic rings. The van der Waals surface area contributed by atoms with Gasteiger partial charge in [-0.2, -0.15) is 0 Å². The van der Waals surface area contributed by atoms with Gasteiger partial charge in [-0.1, -0.05) is 48.5 Å². The van der Waals surface area contributed by atoms with Gasteiger partial charge >= 0.3 is 5.63 Å². The molecule has 4 aromatic rings. The minimum atomic E-state index is -0.395. The van der Waals surface area contributed by atoms with Gasteiger partial charge in [0.25, 0.3) is 0 Å². The number of hydrogen-bond donors (Lipinski definition) is 0. The zero-order valence-corrected chi connectivity index (χ0v) is 12.0. The van der Waals surface area contributed by atoms with Crippen LogP contribution >= 0.6 is 0 Å². The molecule has 4 heteroatoms. The summed E-state index contributed by atoms with van der Waals surface area (Å²) in [6.45, 7) is 1.93. The molecule has 2 aromatic heterocycles. The Bertz CT molecular complexity index is 1030. The van der Waals surface area contributed by atoms with E-state index in [0.29, 0.717) is 28.7 Å². The molecule has 0 aliphatic heterocycles. The predicted octanol–water partition coefficient (Wildman–Crippen LogP) is 4.16. The summed E-state index contributed by atoms with van der Waals surface area (Å²) in [7, 11) is 0. The summed E-state index contributed by atoms with van der Waals surface area (Å²) in [5.41, 5.74) is 3.39. The maximum atomic E-state index is 12.1. The van der Waals surface area contributed by atoms with E-state index in [2.05, 4.69) is 5.16 Å². The fourth-order valence-electron chi connectivity index (χ4n) is 2.72. The molecule has 4 nitrogen and oxygen atoms in total. The molecule has 0 saturated carbocycles. The van der Waals surface area contributed by atoms with Crippen molar-refractivity contribution >= 4 is 21.9 Å². The smallest absolute Gasteiger partial charge is 0.349 e. The molecule has 0 amide bonds. The Morgan fingerprint density at radius 3 is 2.64 bits per heavy atom. The van der Waals surface area contributed by atoms with E-state index in [9.17, 15) is 4.79 Å². The second-order valence-corrected chi connectivity index (χ2v) is 5.15. The van der Waals surface area contributed by atoms with Gasteiger partial charge in [-0.25, -0.2) is 4.79 Å². The Labute approximate surface area is 126 Å². The van der Waals surface area contributed by atoms with Crippen LogP contribution in [0.25, 0.3) is 33.1 Å². The van der Waals surface area contributed by atoms with Crippen LogP contribution in [0.3, 0.4) is 0 Å². The molecular weight excluding hydrogens is 278 g/mol. The van der Waals surface area contributed by atoms with Crippen molar-refractivity contribution in [3.8, 4) is 11.1 Å². The highest BCUT2D eigenvalue weighted by atomic mass is 16.5. The predicted molar refractivity (Wildman–Crippen MR) is 84.9 cm³/mol. The Balaban J connectivity index is 2.07. The molecule has 0 fully saturated rings. The highest BCUT2D eigenvalue weighted by Crippen LogP contribution is 2.29. The second-order valence-electron chi connectivity index (χ2n) is 5.15. The van der Waals surface area contributed by atoms with Crippen LogP contribution in [-0.4, -0.2) is 5.16 Å². The van der Waals surface area contributed by atoms with Gasteiger partial charge in [0.05, 0.1) is 11.1 Å². The molecular formula is C18H13NO3. The largest absolute Gasteiger partial charge is 0.422 e. The SMILES string of the molecule is CCc1noc2c1c(=O)oc1ccc(-c3ccccc3)cc12. The first-order chi connectivity index (χ1) is 10.8. The van der Waals surface area contributed by atoms with E-state index in [-0.39, 0.29) is 0 Å². The van der Waals surface area contributed by atoms with Crippen molar-refractivity contribution in [1.82, 2.24) is 5.16 Å². The first-order valence-corrected chi connectivity index (χ1v) is 7.18. The molecule has 0 bridgehead atoms. The third-order valence-electron chi connectivity index (χ3n) is 3.84. The lowest BCUT2D eigenvalue weighted by molar-refractivity contribution is 0.448. The third-order valence-corrected chi connectivity index (χ3v) is 3.84. The fraction of sp³-hybridized carbons (Fsp3) is 0.111. The summed E-state index contributed by atoms with van der Waals surface area (Å²) >= 11 is 0. The van der Waals surface area contributed by atoms with Gasteiger partial charge in [-0.15, -0.1) is 0 Å². The molecule has 0 unspecified atom stereocenters. The van der Waals surface area contributed by atoms with Crippen molar-refractivity contribution in [3.05, 3.63) is 64.6 Å². The molecule has 0 radical (unpaired) electrons. The van der Waals surface area contributed by atoms with Gasteiger partial charge in [-0.05, 0) is 29.7 Å². The molecule has 0 N–H and O–H groups in total. The number of fused-ring (bicyclic) bond motifs is 3. The standard InChI is InChI=1S/C18H13NO3/c1-2-14-16-17(22-19-14)13-10-12(11-6-4-3-5-7-11)8-9-15(13)21-18(16)20/h3-10H,2H2,1H3. The third kappa shape index (κ3) is 1.84. The van der Waals surface area contributed by atoms with Gasteiger partial charge in [0.15, 0.2) is 5.58 Å². The maximum absolute atomic E-state index is 12.1. The average Bonchev–Trinajstić information content (AvgIpc) is 3.00. The summed E-state index contributed by atoms with van der Waals surface area (Å²) in [5.74, 6) is 0. The number of rotatable bonds is 2. The zero-order chi connectivity index (χ0) is 15.1. The van der Waals surface area contributed by atoms with E-state index in [1.165, 1.54) is 0 Å². The van der Waals surface area contributed by atoms with Crippen molar-refractivity contribution in [3.63, 3.8) is 0 Å². The second kappa shape index (κ2) is 4.84. The topological polar surface area (TPSA) is 56.2 Å². The van der Waals surface area contributed by atoms with Crippen LogP contribution < -0.4 is 5.63 Å². The highest BCUT2D eigenvalue weighted by Gasteiger charge is 2.16. The highest BCUT2D eigenvalue weighted by molar-refractivity contribution is 6.02. The number of aryl methyl sites for hydroxylation is 1. The summed E-state index contributed by atoms with van der Waals surface area (Å²) in [4.78, 5) is 12.1.